The minimum atomic E-state index is 0.453. The van der Waals surface area contributed by atoms with E-state index in [1.165, 1.54) is 0 Å². The van der Waals surface area contributed by atoms with Gasteiger partial charge in [-0.2, -0.15) is 10.1 Å². The Morgan fingerprint density at radius 1 is 1.47 bits per heavy atom. The van der Waals surface area contributed by atoms with E-state index in [4.69, 9.17) is 0 Å². The minimum absolute atomic E-state index is 0.453. The van der Waals surface area contributed by atoms with Crippen LogP contribution < -0.4 is 5.43 Å². The number of thioether (sulfide) groups is 1. The Morgan fingerprint density at radius 3 is 3.05 bits per heavy atom. The van der Waals surface area contributed by atoms with Crippen LogP contribution >= 0.6 is 27.7 Å². The van der Waals surface area contributed by atoms with Gasteiger partial charge in [0, 0.05) is 9.72 Å². The molecule has 7 heteroatoms. The lowest BCUT2D eigenvalue weighted by Gasteiger charge is -1.97. The standard InChI is InChI=1S/C12H14BrN5S/c1-8(2)19-12-15-11(17-18-12)16-14-7-9-4-3-5-10(13)6-9/h3-8H,1-2H3,(H2,15,16,17,18)/b14-7-. The highest BCUT2D eigenvalue weighted by Crippen LogP contribution is 2.19. The summed E-state index contributed by atoms with van der Waals surface area (Å²) in [4.78, 5) is 4.26. The van der Waals surface area contributed by atoms with Gasteiger partial charge in [0.2, 0.25) is 11.1 Å². The van der Waals surface area contributed by atoms with Gasteiger partial charge in [-0.3, -0.25) is 0 Å². The molecule has 5 nitrogen and oxygen atoms in total. The molecule has 1 aromatic heterocycles. The van der Waals surface area contributed by atoms with Crippen molar-refractivity contribution in [1.29, 1.82) is 0 Å². The molecule has 0 saturated carbocycles. The summed E-state index contributed by atoms with van der Waals surface area (Å²) in [6.45, 7) is 4.19. The van der Waals surface area contributed by atoms with Crippen molar-refractivity contribution < 1.29 is 0 Å². The fourth-order valence-electron chi connectivity index (χ4n) is 1.31. The van der Waals surface area contributed by atoms with E-state index >= 15 is 0 Å². The number of nitrogens with one attached hydrogen (secondary N) is 2. The number of rotatable bonds is 5. The predicted octanol–water partition coefficient (Wildman–Crippen LogP) is 3.51. The maximum Gasteiger partial charge on any atom is 0.240 e. The first-order chi connectivity index (χ1) is 9.13. The van der Waals surface area contributed by atoms with Crippen LogP contribution in [-0.2, 0) is 0 Å². The molecule has 0 spiro atoms. The molecule has 2 rings (SSSR count). The first-order valence-corrected chi connectivity index (χ1v) is 7.44. The van der Waals surface area contributed by atoms with Crippen LogP contribution in [0.1, 0.15) is 19.4 Å². The Kier molecular flexibility index (Phi) is 4.98. The number of hydrazone groups is 1. The van der Waals surface area contributed by atoms with Gasteiger partial charge in [-0.05, 0) is 17.7 Å². The zero-order valence-corrected chi connectivity index (χ0v) is 13.0. The molecule has 0 amide bonds. The fourth-order valence-corrected chi connectivity index (χ4v) is 2.40. The highest BCUT2D eigenvalue weighted by molar-refractivity contribution is 9.10. The summed E-state index contributed by atoms with van der Waals surface area (Å²) < 4.78 is 1.02. The van der Waals surface area contributed by atoms with Crippen molar-refractivity contribution in [2.75, 3.05) is 5.43 Å². The van der Waals surface area contributed by atoms with Gasteiger partial charge in [-0.25, -0.2) is 10.5 Å². The first-order valence-electron chi connectivity index (χ1n) is 5.77. The summed E-state index contributed by atoms with van der Waals surface area (Å²) in [7, 11) is 0. The van der Waals surface area contributed by atoms with Crippen molar-refractivity contribution in [3.05, 3.63) is 34.3 Å². The summed E-state index contributed by atoms with van der Waals surface area (Å²) in [6, 6.07) is 7.87. The Hall–Kier alpha value is -1.34. The van der Waals surface area contributed by atoms with Crippen molar-refractivity contribution in [2.24, 2.45) is 5.10 Å². The molecule has 0 saturated heterocycles. The van der Waals surface area contributed by atoms with Crippen molar-refractivity contribution >= 4 is 39.9 Å². The fraction of sp³-hybridized carbons (Fsp3) is 0.250. The third-order valence-electron chi connectivity index (χ3n) is 2.04. The summed E-state index contributed by atoms with van der Waals surface area (Å²) in [5, 5.41) is 12.1. The van der Waals surface area contributed by atoms with Gasteiger partial charge >= 0.3 is 0 Å². The number of hydrogen-bond acceptors (Lipinski definition) is 5. The highest BCUT2D eigenvalue weighted by Gasteiger charge is 2.04. The lowest BCUT2D eigenvalue weighted by atomic mass is 10.2. The van der Waals surface area contributed by atoms with Crippen LogP contribution in [0, 0.1) is 0 Å². The van der Waals surface area contributed by atoms with Crippen LogP contribution in [0.5, 0.6) is 0 Å². The SMILES string of the molecule is CC(C)Sc1n[nH]c(N/N=C\c2cccc(Br)c2)n1. The molecule has 0 unspecified atom stereocenters. The predicted molar refractivity (Wildman–Crippen MR) is 82.7 cm³/mol. The van der Waals surface area contributed by atoms with Gasteiger partial charge in [0.1, 0.15) is 0 Å². The summed E-state index contributed by atoms with van der Waals surface area (Å²) in [6.07, 6.45) is 1.72. The number of hydrogen-bond donors (Lipinski definition) is 2. The molecule has 0 bridgehead atoms. The van der Waals surface area contributed by atoms with E-state index in [1.54, 1.807) is 18.0 Å². The zero-order valence-electron chi connectivity index (χ0n) is 10.6. The molecule has 2 N–H and O–H groups in total. The van der Waals surface area contributed by atoms with E-state index in [2.05, 4.69) is 55.5 Å². The molecule has 19 heavy (non-hydrogen) atoms. The van der Waals surface area contributed by atoms with Crippen LogP contribution in [0.4, 0.5) is 5.95 Å². The van der Waals surface area contributed by atoms with E-state index in [0.717, 1.165) is 15.2 Å². The molecular weight excluding hydrogens is 326 g/mol. The Morgan fingerprint density at radius 2 is 2.32 bits per heavy atom. The number of aromatic amines is 1. The second-order valence-electron chi connectivity index (χ2n) is 4.06. The van der Waals surface area contributed by atoms with Gasteiger partial charge < -0.3 is 0 Å². The van der Waals surface area contributed by atoms with Gasteiger partial charge in [0.25, 0.3) is 0 Å². The molecule has 0 radical (unpaired) electrons. The van der Waals surface area contributed by atoms with Crippen LogP contribution in [0.15, 0.2) is 39.0 Å². The second-order valence-corrected chi connectivity index (χ2v) is 6.52. The molecule has 100 valence electrons. The number of anilines is 1. The Bertz CT molecular complexity index is 567. The molecule has 0 aliphatic carbocycles. The molecule has 0 aliphatic rings. The summed E-state index contributed by atoms with van der Waals surface area (Å²) in [5.74, 6) is 0.536. The largest absolute Gasteiger partial charge is 0.246 e. The smallest absolute Gasteiger partial charge is 0.240 e. The van der Waals surface area contributed by atoms with Crippen LogP contribution in [-0.4, -0.2) is 26.6 Å². The average molecular weight is 340 g/mol. The van der Waals surface area contributed by atoms with Crippen LogP contribution in [0.2, 0.25) is 0 Å². The van der Waals surface area contributed by atoms with Crippen molar-refractivity contribution in [2.45, 2.75) is 24.3 Å². The van der Waals surface area contributed by atoms with Gasteiger partial charge in [0.15, 0.2) is 0 Å². The topological polar surface area (TPSA) is 66.0 Å². The van der Waals surface area contributed by atoms with Gasteiger partial charge in [-0.1, -0.05) is 53.7 Å². The molecule has 0 aliphatic heterocycles. The zero-order chi connectivity index (χ0) is 13.7. The maximum absolute atomic E-state index is 4.26. The molecule has 2 aromatic rings. The Balaban J connectivity index is 1.93. The quantitative estimate of drug-likeness (QED) is 0.497. The minimum Gasteiger partial charge on any atom is -0.246 e. The molecule has 0 atom stereocenters. The van der Waals surface area contributed by atoms with E-state index < -0.39 is 0 Å². The number of H-pyrrole nitrogens is 1. The number of halogens is 1. The lowest BCUT2D eigenvalue weighted by Crippen LogP contribution is -1.92. The van der Waals surface area contributed by atoms with E-state index in [9.17, 15) is 0 Å². The third-order valence-corrected chi connectivity index (χ3v) is 3.40. The van der Waals surface area contributed by atoms with E-state index in [-0.39, 0.29) is 0 Å². The molecular formula is C12H14BrN5S. The van der Waals surface area contributed by atoms with Crippen molar-refractivity contribution in [1.82, 2.24) is 15.2 Å². The highest BCUT2D eigenvalue weighted by atomic mass is 79.9. The van der Waals surface area contributed by atoms with E-state index in [0.29, 0.717) is 11.2 Å². The van der Waals surface area contributed by atoms with Crippen molar-refractivity contribution in [3.63, 3.8) is 0 Å². The Labute approximate surface area is 124 Å². The average Bonchev–Trinajstić information content (AvgIpc) is 2.76. The lowest BCUT2D eigenvalue weighted by molar-refractivity contribution is 0.961. The van der Waals surface area contributed by atoms with Gasteiger partial charge in [0.05, 0.1) is 6.21 Å². The van der Waals surface area contributed by atoms with Crippen LogP contribution in [0.25, 0.3) is 0 Å². The molecule has 1 heterocycles. The number of aromatic nitrogens is 3. The first kappa shape index (κ1) is 14.1. The third kappa shape index (κ3) is 4.68. The molecule has 0 fully saturated rings. The van der Waals surface area contributed by atoms with Gasteiger partial charge in [-0.15, -0.1) is 5.10 Å². The van der Waals surface area contributed by atoms with Crippen LogP contribution in [0.3, 0.4) is 0 Å². The van der Waals surface area contributed by atoms with Crippen molar-refractivity contribution in [3.8, 4) is 0 Å². The van der Waals surface area contributed by atoms with E-state index in [1.807, 2.05) is 24.3 Å². The number of benzene rings is 1. The number of nitrogens with zero attached hydrogens (tertiary/aromatic N) is 3. The normalized spacial score (nSPS) is 11.4. The maximum atomic E-state index is 4.26. The second kappa shape index (κ2) is 6.72. The molecule has 1 aromatic carbocycles. The monoisotopic (exact) mass is 339 g/mol. The summed E-state index contributed by atoms with van der Waals surface area (Å²) in [5.41, 5.74) is 3.82. The summed E-state index contributed by atoms with van der Waals surface area (Å²) >= 11 is 5.01.